The van der Waals surface area contributed by atoms with Crippen molar-refractivity contribution in [3.8, 4) is 12.1 Å². The lowest BCUT2D eigenvalue weighted by Gasteiger charge is -2.25. The first-order valence-electron chi connectivity index (χ1n) is 13.6. The van der Waals surface area contributed by atoms with Gasteiger partial charge in [-0.3, -0.25) is 0 Å². The molecule has 0 bridgehead atoms. The van der Waals surface area contributed by atoms with E-state index in [-0.39, 0.29) is 0 Å². The molecule has 3 heteroatoms. The van der Waals surface area contributed by atoms with E-state index in [1.165, 1.54) is 5.56 Å². The molecule has 0 fully saturated rings. The average molecular weight is 526 g/mol. The van der Waals surface area contributed by atoms with Crippen LogP contribution in [0, 0.1) is 36.5 Å². The molecule has 0 atom stereocenters. The van der Waals surface area contributed by atoms with Crippen LogP contribution in [-0.4, -0.2) is 0 Å². The van der Waals surface area contributed by atoms with Crippen molar-refractivity contribution in [2.24, 2.45) is 0 Å². The van der Waals surface area contributed by atoms with E-state index in [2.05, 4.69) is 121 Å². The van der Waals surface area contributed by atoms with Gasteiger partial charge >= 0.3 is 0 Å². The molecule has 0 aliphatic rings. The summed E-state index contributed by atoms with van der Waals surface area (Å²) < 4.78 is 0. The van der Waals surface area contributed by atoms with E-state index in [9.17, 15) is 10.5 Å². The maximum absolute atomic E-state index is 9.88. The molecule has 0 radical (unpaired) electrons. The van der Waals surface area contributed by atoms with Crippen molar-refractivity contribution in [1.82, 2.24) is 0 Å². The summed E-state index contributed by atoms with van der Waals surface area (Å²) >= 11 is 0. The van der Waals surface area contributed by atoms with Gasteiger partial charge in [0.1, 0.15) is 12.1 Å². The van der Waals surface area contributed by atoms with Gasteiger partial charge in [0.25, 0.3) is 0 Å². The van der Waals surface area contributed by atoms with Crippen LogP contribution in [0.15, 0.2) is 115 Å². The van der Waals surface area contributed by atoms with Crippen LogP contribution >= 0.6 is 0 Å². The number of aryl methyl sites for hydroxylation is 2. The van der Waals surface area contributed by atoms with E-state index < -0.39 is 0 Å². The van der Waals surface area contributed by atoms with Crippen LogP contribution in [-0.2, 0) is 0 Å². The fourth-order valence-electron chi connectivity index (χ4n) is 5.35. The minimum absolute atomic E-state index is 0.432. The highest BCUT2D eigenvalue weighted by Gasteiger charge is 2.15. The van der Waals surface area contributed by atoms with Gasteiger partial charge in [-0.2, -0.15) is 10.5 Å². The molecule has 0 aliphatic heterocycles. The second-order valence-electron chi connectivity index (χ2n) is 10.3. The first kappa shape index (κ1) is 25.6. The Kier molecular flexibility index (Phi) is 6.78. The van der Waals surface area contributed by atoms with Crippen LogP contribution in [0.4, 0.5) is 17.1 Å². The third kappa shape index (κ3) is 4.94. The molecule has 3 nitrogen and oxygen atoms in total. The average Bonchev–Trinajstić information content (AvgIpc) is 3.01. The fraction of sp³-hybridized carbons (Fsp3) is 0.0526. The molecule has 0 saturated carbocycles. The first-order chi connectivity index (χ1) is 20.1. The number of hydrogen-bond acceptors (Lipinski definition) is 3. The number of rotatable bonds is 5. The maximum atomic E-state index is 9.88. The van der Waals surface area contributed by atoms with E-state index in [4.69, 9.17) is 0 Å². The van der Waals surface area contributed by atoms with Gasteiger partial charge in [-0.25, -0.2) is 0 Å². The van der Waals surface area contributed by atoms with Crippen LogP contribution in [0.2, 0.25) is 0 Å². The molecular formula is C38H27N3. The Morgan fingerprint density at radius 1 is 0.488 bits per heavy atom. The zero-order chi connectivity index (χ0) is 28.3. The summed E-state index contributed by atoms with van der Waals surface area (Å²) in [6.07, 6.45) is 4.20. The van der Waals surface area contributed by atoms with Crippen molar-refractivity contribution < 1.29 is 0 Å². The summed E-state index contributed by atoms with van der Waals surface area (Å²) in [6.45, 7) is 4.14. The second-order valence-corrected chi connectivity index (χ2v) is 10.3. The van der Waals surface area contributed by atoms with Crippen molar-refractivity contribution in [2.45, 2.75) is 13.8 Å². The molecule has 194 valence electrons. The molecule has 6 aromatic carbocycles. The highest BCUT2D eigenvalue weighted by molar-refractivity contribution is 6.13. The molecule has 6 aromatic rings. The Morgan fingerprint density at radius 2 is 0.976 bits per heavy atom. The molecule has 0 spiro atoms. The van der Waals surface area contributed by atoms with E-state index >= 15 is 0 Å². The van der Waals surface area contributed by atoms with Gasteiger partial charge in [-0.05, 0) is 78.2 Å². The smallest absolute Gasteiger partial charge is 0.101 e. The minimum atomic E-state index is 0.432. The molecule has 0 saturated heterocycles. The number of benzene rings is 6. The van der Waals surface area contributed by atoms with E-state index in [1.807, 2.05) is 37.3 Å². The summed E-state index contributed by atoms with van der Waals surface area (Å²) in [5.74, 6) is 0. The topological polar surface area (TPSA) is 50.8 Å². The van der Waals surface area contributed by atoms with Gasteiger partial charge in [0.15, 0.2) is 0 Å². The second kappa shape index (κ2) is 10.9. The van der Waals surface area contributed by atoms with Crippen LogP contribution in [0.5, 0.6) is 0 Å². The Hall–Kier alpha value is -5.64. The molecule has 0 amide bonds. The van der Waals surface area contributed by atoms with Crippen LogP contribution in [0.1, 0.15) is 33.4 Å². The standard InChI is InChI=1S/C38H27N3/c1-26-8-16-31(17-9-26)41(30-6-4-3-5-7-30)32-18-13-28(14-19-32)11-12-29-15-21-34-36(23-29)35-22-27(2)10-20-33(35)37(24-39)38(34)25-40/h3-23H,1-2H3. The Bertz CT molecular complexity index is 2000. The van der Waals surface area contributed by atoms with Crippen LogP contribution in [0.3, 0.4) is 0 Å². The lowest BCUT2D eigenvalue weighted by atomic mass is 9.91. The van der Waals surface area contributed by atoms with E-state index in [1.54, 1.807) is 0 Å². The minimum Gasteiger partial charge on any atom is -0.311 e. The highest BCUT2D eigenvalue weighted by Crippen LogP contribution is 2.36. The van der Waals surface area contributed by atoms with Gasteiger partial charge < -0.3 is 4.90 Å². The number of hydrogen-bond donors (Lipinski definition) is 0. The van der Waals surface area contributed by atoms with Gasteiger partial charge in [0, 0.05) is 27.8 Å². The van der Waals surface area contributed by atoms with Crippen molar-refractivity contribution in [3.63, 3.8) is 0 Å². The van der Waals surface area contributed by atoms with Crippen molar-refractivity contribution in [3.05, 3.63) is 149 Å². The summed E-state index contributed by atoms with van der Waals surface area (Å²) in [7, 11) is 0. The number of anilines is 3. The predicted octanol–water partition coefficient (Wildman–Crippen LogP) is 9.99. The zero-order valence-electron chi connectivity index (χ0n) is 23.0. The Labute approximate surface area is 240 Å². The van der Waals surface area contributed by atoms with E-state index in [0.29, 0.717) is 11.1 Å². The Morgan fingerprint density at radius 3 is 1.61 bits per heavy atom. The van der Waals surface area contributed by atoms with Gasteiger partial charge in [0.2, 0.25) is 0 Å². The van der Waals surface area contributed by atoms with Gasteiger partial charge in [0.05, 0.1) is 11.1 Å². The molecule has 0 N–H and O–H groups in total. The quantitative estimate of drug-likeness (QED) is 0.166. The number of para-hydroxylation sites is 1. The van der Waals surface area contributed by atoms with Gasteiger partial charge in [-0.1, -0.05) is 96.1 Å². The van der Waals surface area contributed by atoms with E-state index in [0.717, 1.165) is 55.3 Å². The van der Waals surface area contributed by atoms with Crippen molar-refractivity contribution >= 4 is 50.8 Å². The summed E-state index contributed by atoms with van der Waals surface area (Å²) in [5.41, 5.74) is 8.64. The summed E-state index contributed by atoms with van der Waals surface area (Å²) in [5, 5.41) is 23.3. The molecule has 41 heavy (non-hydrogen) atoms. The Balaban J connectivity index is 1.36. The number of fused-ring (bicyclic) bond motifs is 3. The first-order valence-corrected chi connectivity index (χ1v) is 13.6. The maximum Gasteiger partial charge on any atom is 0.101 e. The van der Waals surface area contributed by atoms with Crippen LogP contribution in [0.25, 0.3) is 33.7 Å². The number of nitrogens with zero attached hydrogens (tertiary/aromatic N) is 3. The third-order valence-electron chi connectivity index (χ3n) is 7.45. The SMILES string of the molecule is Cc1ccc(N(c2ccccc2)c2ccc(C=Cc3ccc4c(C#N)c(C#N)c5ccc(C)cc5c4c3)cc2)cc1. The summed E-state index contributed by atoms with van der Waals surface area (Å²) in [6, 6.07) is 44.1. The predicted molar refractivity (Wildman–Crippen MR) is 170 cm³/mol. The van der Waals surface area contributed by atoms with Crippen molar-refractivity contribution in [1.29, 1.82) is 10.5 Å². The zero-order valence-corrected chi connectivity index (χ0v) is 23.0. The van der Waals surface area contributed by atoms with Crippen molar-refractivity contribution in [2.75, 3.05) is 4.90 Å². The normalized spacial score (nSPS) is 11.0. The monoisotopic (exact) mass is 525 g/mol. The highest BCUT2D eigenvalue weighted by atomic mass is 15.1. The number of nitriles is 2. The molecule has 0 unspecified atom stereocenters. The molecular weight excluding hydrogens is 498 g/mol. The molecule has 0 aromatic heterocycles. The fourth-order valence-corrected chi connectivity index (χ4v) is 5.35. The van der Waals surface area contributed by atoms with Crippen LogP contribution < -0.4 is 4.90 Å². The lowest BCUT2D eigenvalue weighted by molar-refractivity contribution is 1.27. The molecule has 0 heterocycles. The molecule has 6 rings (SSSR count). The third-order valence-corrected chi connectivity index (χ3v) is 7.45. The van der Waals surface area contributed by atoms with Gasteiger partial charge in [-0.15, -0.1) is 0 Å². The molecule has 0 aliphatic carbocycles. The lowest BCUT2D eigenvalue weighted by Crippen LogP contribution is -2.09. The largest absolute Gasteiger partial charge is 0.311 e. The summed E-state index contributed by atoms with van der Waals surface area (Å²) in [4.78, 5) is 2.26.